The minimum atomic E-state index is -3.48. The SMILES string of the molecule is CC1(C)C(CNS(=O)(=O)c2cc(CN)sc2Br)C1(C)C. The highest BCUT2D eigenvalue weighted by molar-refractivity contribution is 9.11. The van der Waals surface area contributed by atoms with Gasteiger partial charge in [0, 0.05) is 18.0 Å². The van der Waals surface area contributed by atoms with Crippen LogP contribution in [0.25, 0.3) is 0 Å². The second-order valence-corrected chi connectivity index (χ2v) is 10.6. The van der Waals surface area contributed by atoms with Gasteiger partial charge in [-0.1, -0.05) is 27.7 Å². The summed E-state index contributed by atoms with van der Waals surface area (Å²) in [5.74, 6) is 0.358. The zero-order chi connectivity index (χ0) is 15.3. The van der Waals surface area contributed by atoms with E-state index in [4.69, 9.17) is 5.73 Å². The molecule has 0 aromatic carbocycles. The molecule has 20 heavy (non-hydrogen) atoms. The topological polar surface area (TPSA) is 72.2 Å². The Bertz CT molecular complexity index is 606. The largest absolute Gasteiger partial charge is 0.326 e. The molecule has 0 amide bonds. The van der Waals surface area contributed by atoms with Gasteiger partial charge in [-0.2, -0.15) is 0 Å². The van der Waals surface area contributed by atoms with Crippen LogP contribution in [0.1, 0.15) is 32.6 Å². The molecule has 1 saturated carbocycles. The van der Waals surface area contributed by atoms with E-state index in [1.165, 1.54) is 11.3 Å². The number of thiophene rings is 1. The third kappa shape index (κ3) is 2.59. The van der Waals surface area contributed by atoms with Crippen LogP contribution in [0.15, 0.2) is 14.7 Å². The third-order valence-electron chi connectivity index (χ3n) is 4.99. The van der Waals surface area contributed by atoms with Gasteiger partial charge >= 0.3 is 0 Å². The van der Waals surface area contributed by atoms with Crippen LogP contribution in [-0.2, 0) is 16.6 Å². The summed E-state index contributed by atoms with van der Waals surface area (Å²) >= 11 is 4.67. The minimum absolute atomic E-state index is 0.170. The summed E-state index contributed by atoms with van der Waals surface area (Å²) in [6, 6.07) is 1.64. The van der Waals surface area contributed by atoms with E-state index in [1.807, 2.05) is 0 Å². The van der Waals surface area contributed by atoms with Gasteiger partial charge in [-0.15, -0.1) is 11.3 Å². The monoisotopic (exact) mass is 380 g/mol. The first-order chi connectivity index (χ1) is 9.04. The smallest absolute Gasteiger partial charge is 0.242 e. The van der Waals surface area contributed by atoms with E-state index in [0.717, 1.165) is 4.88 Å². The van der Waals surface area contributed by atoms with Gasteiger partial charge < -0.3 is 5.73 Å². The number of hydrogen-bond donors (Lipinski definition) is 2. The maximum absolute atomic E-state index is 12.4. The van der Waals surface area contributed by atoms with Crippen molar-refractivity contribution in [3.8, 4) is 0 Å². The molecule has 1 aromatic rings. The molecule has 7 heteroatoms. The van der Waals surface area contributed by atoms with E-state index >= 15 is 0 Å². The van der Waals surface area contributed by atoms with E-state index in [2.05, 4.69) is 48.3 Å². The Balaban J connectivity index is 2.11. The molecule has 0 saturated heterocycles. The van der Waals surface area contributed by atoms with Gasteiger partial charge in [0.25, 0.3) is 0 Å². The van der Waals surface area contributed by atoms with Gasteiger partial charge in [-0.05, 0) is 38.7 Å². The summed E-state index contributed by atoms with van der Waals surface area (Å²) in [6.45, 7) is 9.54. The number of sulfonamides is 1. The van der Waals surface area contributed by atoms with Crippen LogP contribution in [0, 0.1) is 16.7 Å². The van der Waals surface area contributed by atoms with Gasteiger partial charge in [0.15, 0.2) is 0 Å². The Kier molecular flexibility index (Phi) is 4.15. The average Bonchev–Trinajstić information content (AvgIpc) is 2.64. The molecule has 1 aliphatic carbocycles. The molecule has 1 heterocycles. The van der Waals surface area contributed by atoms with Crippen LogP contribution < -0.4 is 10.5 Å². The summed E-state index contributed by atoms with van der Waals surface area (Å²) in [5, 5.41) is 0. The van der Waals surface area contributed by atoms with E-state index in [-0.39, 0.29) is 10.8 Å². The number of rotatable bonds is 5. The van der Waals surface area contributed by atoms with Gasteiger partial charge in [0.1, 0.15) is 4.90 Å². The van der Waals surface area contributed by atoms with Crippen molar-refractivity contribution in [2.75, 3.05) is 6.54 Å². The normalized spacial score (nSPS) is 21.1. The van der Waals surface area contributed by atoms with Crippen LogP contribution in [0.3, 0.4) is 0 Å². The summed E-state index contributed by atoms with van der Waals surface area (Å²) in [4.78, 5) is 1.14. The molecule has 0 unspecified atom stereocenters. The minimum Gasteiger partial charge on any atom is -0.326 e. The quantitative estimate of drug-likeness (QED) is 0.824. The molecule has 0 spiro atoms. The molecule has 114 valence electrons. The van der Waals surface area contributed by atoms with Gasteiger partial charge in [-0.3, -0.25) is 0 Å². The van der Waals surface area contributed by atoms with Gasteiger partial charge in [0.2, 0.25) is 10.0 Å². The van der Waals surface area contributed by atoms with E-state index < -0.39 is 10.0 Å². The molecule has 1 aliphatic rings. The molecule has 4 nitrogen and oxygen atoms in total. The molecule has 1 aromatic heterocycles. The lowest BCUT2D eigenvalue weighted by atomic mass is 10.0. The molecule has 0 atom stereocenters. The average molecular weight is 381 g/mol. The lowest BCUT2D eigenvalue weighted by Crippen LogP contribution is -2.27. The highest BCUT2D eigenvalue weighted by Crippen LogP contribution is 2.68. The highest BCUT2D eigenvalue weighted by atomic mass is 79.9. The molecule has 0 aliphatic heterocycles. The maximum Gasteiger partial charge on any atom is 0.242 e. The Morgan fingerprint density at radius 2 is 1.90 bits per heavy atom. The van der Waals surface area contributed by atoms with Crippen LogP contribution in [0.2, 0.25) is 0 Å². The van der Waals surface area contributed by atoms with Crippen molar-refractivity contribution >= 4 is 37.3 Å². The van der Waals surface area contributed by atoms with Crippen LogP contribution in [-0.4, -0.2) is 15.0 Å². The van der Waals surface area contributed by atoms with Crippen LogP contribution >= 0.6 is 27.3 Å². The van der Waals surface area contributed by atoms with Crippen molar-refractivity contribution in [1.82, 2.24) is 4.72 Å². The first-order valence-electron chi connectivity index (χ1n) is 6.52. The predicted molar refractivity (Wildman–Crippen MR) is 86.2 cm³/mol. The van der Waals surface area contributed by atoms with E-state index in [9.17, 15) is 8.42 Å². The molecule has 0 bridgehead atoms. The maximum atomic E-state index is 12.4. The first-order valence-corrected chi connectivity index (χ1v) is 9.61. The van der Waals surface area contributed by atoms with Crippen molar-refractivity contribution in [2.24, 2.45) is 22.5 Å². The lowest BCUT2D eigenvalue weighted by molar-refractivity contribution is 0.457. The number of halogens is 1. The molecule has 3 N–H and O–H groups in total. The number of hydrogen-bond acceptors (Lipinski definition) is 4. The summed E-state index contributed by atoms with van der Waals surface area (Å²) in [6.07, 6.45) is 0. The van der Waals surface area contributed by atoms with Gasteiger partial charge in [0.05, 0.1) is 3.79 Å². The summed E-state index contributed by atoms with van der Waals surface area (Å²) in [7, 11) is -3.48. The fourth-order valence-electron chi connectivity index (χ4n) is 2.80. The van der Waals surface area contributed by atoms with Crippen LogP contribution in [0.4, 0.5) is 0 Å². The lowest BCUT2D eigenvalue weighted by Gasteiger charge is -2.07. The second-order valence-electron chi connectivity index (χ2n) is 6.40. The van der Waals surface area contributed by atoms with Crippen molar-refractivity contribution in [2.45, 2.75) is 39.1 Å². The Morgan fingerprint density at radius 1 is 1.35 bits per heavy atom. The fourth-order valence-corrected chi connectivity index (χ4v) is 6.40. The standard InChI is InChI=1S/C13H21BrN2O2S2/c1-12(2)10(13(12,3)4)7-16-20(17,18)9-5-8(6-15)19-11(9)14/h5,10,16H,6-7,15H2,1-4H3. The summed E-state index contributed by atoms with van der Waals surface area (Å²) < 4.78 is 28.1. The molecule has 2 rings (SSSR count). The molecular formula is C13H21BrN2O2S2. The fraction of sp³-hybridized carbons (Fsp3) is 0.692. The molecule has 1 fully saturated rings. The predicted octanol–water partition coefficient (Wildman–Crippen LogP) is 2.93. The van der Waals surface area contributed by atoms with Crippen molar-refractivity contribution in [3.05, 3.63) is 14.7 Å². The van der Waals surface area contributed by atoms with E-state index in [1.54, 1.807) is 6.07 Å². The number of nitrogens with one attached hydrogen (secondary N) is 1. The van der Waals surface area contributed by atoms with Crippen molar-refractivity contribution in [1.29, 1.82) is 0 Å². The van der Waals surface area contributed by atoms with Gasteiger partial charge in [-0.25, -0.2) is 13.1 Å². The first kappa shape index (κ1) is 16.4. The third-order valence-corrected chi connectivity index (χ3v) is 8.69. The zero-order valence-corrected chi connectivity index (χ0v) is 15.4. The second kappa shape index (κ2) is 5.05. The number of nitrogens with two attached hydrogens (primary N) is 1. The Labute approximate surface area is 133 Å². The highest BCUT2D eigenvalue weighted by Gasteiger charge is 2.64. The summed E-state index contributed by atoms with van der Waals surface area (Å²) in [5.41, 5.74) is 5.89. The Hall–Kier alpha value is 0.0500. The van der Waals surface area contributed by atoms with Crippen molar-refractivity contribution in [3.63, 3.8) is 0 Å². The molecular weight excluding hydrogens is 360 g/mol. The van der Waals surface area contributed by atoms with Crippen LogP contribution in [0.5, 0.6) is 0 Å². The molecule has 0 radical (unpaired) electrons. The van der Waals surface area contributed by atoms with E-state index in [0.29, 0.717) is 27.7 Å². The van der Waals surface area contributed by atoms with Crippen molar-refractivity contribution < 1.29 is 8.42 Å². The Morgan fingerprint density at radius 3 is 2.30 bits per heavy atom. The zero-order valence-electron chi connectivity index (χ0n) is 12.2.